The fourth-order valence-electron chi connectivity index (χ4n) is 6.30. The molecule has 0 bridgehead atoms. The highest BCUT2D eigenvalue weighted by molar-refractivity contribution is 5.76. The number of ether oxygens (including phenoxy) is 3. The number of carbonyl (C=O) groups is 1. The quantitative estimate of drug-likeness (QED) is 0.443. The van der Waals surface area contributed by atoms with Gasteiger partial charge in [0.05, 0.1) is 20.1 Å². The highest BCUT2D eigenvalue weighted by Gasteiger charge is 2.51. The van der Waals surface area contributed by atoms with Crippen molar-refractivity contribution in [1.82, 2.24) is 4.90 Å². The second-order valence-corrected chi connectivity index (χ2v) is 10.3. The zero-order valence-electron chi connectivity index (χ0n) is 20.5. The summed E-state index contributed by atoms with van der Waals surface area (Å²) in [6.45, 7) is 6.84. The molecule has 6 nitrogen and oxygen atoms in total. The van der Waals surface area contributed by atoms with Crippen LogP contribution in [0, 0.1) is 23.2 Å². The number of aliphatic hydroxyl groups excluding tert-OH is 1. The van der Waals surface area contributed by atoms with Gasteiger partial charge in [0.1, 0.15) is 6.10 Å². The van der Waals surface area contributed by atoms with Gasteiger partial charge in [-0.3, -0.25) is 9.69 Å². The van der Waals surface area contributed by atoms with Crippen LogP contribution in [0.25, 0.3) is 0 Å². The van der Waals surface area contributed by atoms with E-state index in [1.165, 1.54) is 19.3 Å². The van der Waals surface area contributed by atoms with E-state index in [1.54, 1.807) is 19.8 Å². The SMILES string of the molecule is COc1ccc(CN(CCCO)C[C@H]2C(=O)O[C@@H]3C[C@@]4(C)CCC[C@H](C)C4=C[C@@H]32)cc1OC. The molecule has 3 aliphatic rings. The van der Waals surface area contributed by atoms with Crippen molar-refractivity contribution >= 4 is 5.97 Å². The molecule has 0 aromatic heterocycles. The lowest BCUT2D eigenvalue weighted by Gasteiger charge is -2.46. The van der Waals surface area contributed by atoms with Crippen LogP contribution in [0.4, 0.5) is 0 Å². The van der Waals surface area contributed by atoms with Gasteiger partial charge in [0.2, 0.25) is 0 Å². The second-order valence-electron chi connectivity index (χ2n) is 10.3. The molecule has 0 radical (unpaired) electrons. The van der Waals surface area contributed by atoms with Crippen molar-refractivity contribution in [2.45, 2.75) is 58.6 Å². The molecule has 1 saturated heterocycles. The highest BCUT2D eigenvalue weighted by Crippen LogP contribution is 2.54. The number of nitrogens with zero attached hydrogens (tertiary/aromatic N) is 1. The summed E-state index contributed by atoms with van der Waals surface area (Å²) in [5, 5.41) is 9.45. The average molecular weight is 458 g/mol. The van der Waals surface area contributed by atoms with Crippen LogP contribution < -0.4 is 9.47 Å². The Morgan fingerprint density at radius 1 is 1.24 bits per heavy atom. The van der Waals surface area contributed by atoms with Crippen LogP contribution in [0.5, 0.6) is 11.5 Å². The first kappa shape index (κ1) is 24.1. The molecule has 1 aliphatic heterocycles. The number of allylic oxidation sites excluding steroid dienone is 1. The Morgan fingerprint density at radius 2 is 2.03 bits per heavy atom. The van der Waals surface area contributed by atoms with Gasteiger partial charge in [0.15, 0.2) is 11.5 Å². The predicted octanol–water partition coefficient (Wildman–Crippen LogP) is 4.20. The topological polar surface area (TPSA) is 68.2 Å². The van der Waals surface area contributed by atoms with Gasteiger partial charge in [0.25, 0.3) is 0 Å². The standard InChI is InChI=1S/C27H39NO5/c1-18-7-5-10-27(2)15-25-20(14-22(18)27)21(26(30)33-25)17-28(11-6-12-29)16-19-8-9-23(31-3)24(13-19)32-4/h8-9,13-14,18,20-21,25,29H,5-7,10-12,15-17H2,1-4H3/t18-,20+,21+,25+,27+/m0/s1. The number of hydrogen-bond donors (Lipinski definition) is 1. The molecule has 1 heterocycles. The van der Waals surface area contributed by atoms with Crippen LogP contribution in [0.15, 0.2) is 29.8 Å². The third kappa shape index (κ3) is 4.92. The van der Waals surface area contributed by atoms with Crippen molar-refractivity contribution in [3.8, 4) is 11.5 Å². The number of methoxy groups -OCH3 is 2. The maximum absolute atomic E-state index is 13.0. The normalized spacial score (nSPS) is 31.0. The molecule has 1 N–H and O–H groups in total. The molecule has 1 aromatic carbocycles. The molecule has 1 saturated carbocycles. The molecule has 6 heteroatoms. The lowest BCUT2D eigenvalue weighted by molar-refractivity contribution is -0.145. The molecule has 182 valence electrons. The predicted molar refractivity (Wildman–Crippen MR) is 127 cm³/mol. The van der Waals surface area contributed by atoms with Crippen molar-refractivity contribution in [2.75, 3.05) is 33.9 Å². The minimum atomic E-state index is -0.167. The Hall–Kier alpha value is -2.05. The van der Waals surface area contributed by atoms with Crippen molar-refractivity contribution in [2.24, 2.45) is 23.2 Å². The zero-order chi connectivity index (χ0) is 23.6. The van der Waals surface area contributed by atoms with Crippen LogP contribution in [0.1, 0.15) is 51.5 Å². The third-order valence-electron chi connectivity index (χ3n) is 8.02. The molecular weight excluding hydrogens is 418 g/mol. The van der Waals surface area contributed by atoms with E-state index < -0.39 is 0 Å². The molecule has 0 unspecified atom stereocenters. The van der Waals surface area contributed by atoms with Crippen molar-refractivity contribution in [3.05, 3.63) is 35.4 Å². The Morgan fingerprint density at radius 3 is 2.76 bits per heavy atom. The fourth-order valence-corrected chi connectivity index (χ4v) is 6.30. The van der Waals surface area contributed by atoms with Crippen molar-refractivity contribution in [3.63, 3.8) is 0 Å². The van der Waals surface area contributed by atoms with Crippen LogP contribution in [-0.4, -0.2) is 56.0 Å². The van der Waals surface area contributed by atoms with Crippen molar-refractivity contribution < 1.29 is 24.1 Å². The summed E-state index contributed by atoms with van der Waals surface area (Å²) in [6, 6.07) is 5.92. The van der Waals surface area contributed by atoms with Gasteiger partial charge in [-0.1, -0.05) is 38.0 Å². The number of esters is 1. The molecular formula is C27H39NO5. The van der Waals surface area contributed by atoms with E-state index in [4.69, 9.17) is 14.2 Å². The molecule has 4 rings (SSSR count). The third-order valence-corrected chi connectivity index (χ3v) is 8.02. The number of carbonyl (C=O) groups excluding carboxylic acids is 1. The minimum absolute atomic E-state index is 0.0117. The van der Waals surface area contributed by atoms with Gasteiger partial charge in [0, 0.05) is 32.2 Å². The first-order valence-corrected chi connectivity index (χ1v) is 12.4. The molecule has 2 fully saturated rings. The molecule has 2 aliphatic carbocycles. The Bertz CT molecular complexity index is 883. The maximum atomic E-state index is 13.0. The molecule has 33 heavy (non-hydrogen) atoms. The number of fused-ring (bicyclic) bond motifs is 2. The smallest absolute Gasteiger partial charge is 0.311 e. The first-order valence-electron chi connectivity index (χ1n) is 12.4. The van der Waals surface area contributed by atoms with E-state index in [1.807, 2.05) is 18.2 Å². The Kier molecular flexibility index (Phi) is 7.34. The van der Waals surface area contributed by atoms with Crippen LogP contribution >= 0.6 is 0 Å². The summed E-state index contributed by atoms with van der Waals surface area (Å²) in [5.74, 6) is 1.88. The summed E-state index contributed by atoms with van der Waals surface area (Å²) in [4.78, 5) is 15.3. The lowest BCUT2D eigenvalue weighted by atomic mass is 9.59. The maximum Gasteiger partial charge on any atom is 0.311 e. The monoisotopic (exact) mass is 457 g/mol. The summed E-state index contributed by atoms with van der Waals surface area (Å²) in [5.41, 5.74) is 2.80. The number of rotatable bonds is 9. The second kappa shape index (κ2) is 10.1. The van der Waals surface area contributed by atoms with Gasteiger partial charge < -0.3 is 19.3 Å². The zero-order valence-corrected chi connectivity index (χ0v) is 20.5. The van der Waals surface area contributed by atoms with E-state index in [0.29, 0.717) is 36.9 Å². The Balaban J connectivity index is 1.54. The summed E-state index contributed by atoms with van der Waals surface area (Å²) in [6.07, 6.45) is 7.69. The number of benzene rings is 1. The van der Waals surface area contributed by atoms with Crippen LogP contribution in [0.2, 0.25) is 0 Å². The van der Waals surface area contributed by atoms with Crippen molar-refractivity contribution in [1.29, 1.82) is 0 Å². The van der Waals surface area contributed by atoms with Crippen LogP contribution in [-0.2, 0) is 16.1 Å². The van der Waals surface area contributed by atoms with E-state index in [9.17, 15) is 9.90 Å². The first-order chi connectivity index (χ1) is 15.9. The number of hydrogen-bond acceptors (Lipinski definition) is 6. The molecule has 0 amide bonds. The van der Waals surface area contributed by atoms with E-state index in [-0.39, 0.29) is 35.9 Å². The highest BCUT2D eigenvalue weighted by atomic mass is 16.6. The van der Waals surface area contributed by atoms with Gasteiger partial charge in [-0.25, -0.2) is 0 Å². The molecule has 5 atom stereocenters. The van der Waals surface area contributed by atoms with Gasteiger partial charge >= 0.3 is 5.97 Å². The van der Waals surface area contributed by atoms with E-state index in [0.717, 1.165) is 18.5 Å². The van der Waals surface area contributed by atoms with E-state index in [2.05, 4.69) is 24.8 Å². The van der Waals surface area contributed by atoms with E-state index >= 15 is 0 Å². The lowest BCUT2D eigenvalue weighted by Crippen LogP contribution is -2.41. The number of aliphatic hydroxyl groups is 1. The summed E-state index contributed by atoms with van der Waals surface area (Å²) >= 11 is 0. The van der Waals surface area contributed by atoms with Gasteiger partial charge in [-0.05, 0) is 54.7 Å². The summed E-state index contributed by atoms with van der Waals surface area (Å²) in [7, 11) is 3.26. The fraction of sp³-hybridized carbons (Fsp3) is 0.667. The molecule has 1 aromatic rings. The largest absolute Gasteiger partial charge is 0.493 e. The van der Waals surface area contributed by atoms with Gasteiger partial charge in [-0.15, -0.1) is 0 Å². The molecule has 0 spiro atoms. The van der Waals surface area contributed by atoms with Crippen LogP contribution in [0.3, 0.4) is 0 Å². The summed E-state index contributed by atoms with van der Waals surface area (Å²) < 4.78 is 16.8. The van der Waals surface area contributed by atoms with Gasteiger partial charge in [-0.2, -0.15) is 0 Å². The minimum Gasteiger partial charge on any atom is -0.493 e. The Labute approximate surface area is 197 Å². The average Bonchev–Trinajstić information content (AvgIpc) is 3.09.